The first-order chi connectivity index (χ1) is 8.28. The smallest absolute Gasteiger partial charge is 0.119 e. The predicted octanol–water partition coefficient (Wildman–Crippen LogP) is 2.35. The summed E-state index contributed by atoms with van der Waals surface area (Å²) in [5.41, 5.74) is 1.31. The third kappa shape index (κ3) is 4.36. The van der Waals surface area contributed by atoms with Gasteiger partial charge in [-0.3, -0.25) is 0 Å². The minimum atomic E-state index is 0.131. The van der Waals surface area contributed by atoms with Crippen LogP contribution in [0.2, 0.25) is 0 Å². The van der Waals surface area contributed by atoms with Gasteiger partial charge in [0.1, 0.15) is 12.4 Å². The minimum absolute atomic E-state index is 0.131. The van der Waals surface area contributed by atoms with Crippen LogP contribution in [0, 0.1) is 0 Å². The molecular formula is C14H21NO2. The van der Waals surface area contributed by atoms with Crippen LogP contribution in [0.25, 0.3) is 0 Å². The lowest BCUT2D eigenvalue weighted by atomic mass is 10.2. The lowest BCUT2D eigenvalue weighted by Crippen LogP contribution is -2.16. The second-order valence-electron chi connectivity index (χ2n) is 4.66. The third-order valence-electron chi connectivity index (χ3n) is 2.98. The Morgan fingerprint density at radius 3 is 2.59 bits per heavy atom. The first-order valence-electron chi connectivity index (χ1n) is 6.26. The quantitative estimate of drug-likeness (QED) is 0.787. The molecule has 1 saturated carbocycles. The van der Waals surface area contributed by atoms with Crippen molar-refractivity contribution >= 4 is 0 Å². The molecule has 0 amide bonds. The number of benzene rings is 1. The number of nitrogens with one attached hydrogen (secondary N) is 1. The molecule has 1 fully saturated rings. The SMILES string of the molecule is COC(C)COc1ccc(CNC2CC2)cc1. The van der Waals surface area contributed by atoms with Crippen LogP contribution in [0.5, 0.6) is 5.75 Å². The molecule has 1 atom stereocenters. The molecule has 0 aliphatic heterocycles. The molecule has 3 heteroatoms. The van der Waals surface area contributed by atoms with Crippen LogP contribution in [0.3, 0.4) is 0 Å². The summed E-state index contributed by atoms with van der Waals surface area (Å²) >= 11 is 0. The highest BCUT2D eigenvalue weighted by molar-refractivity contribution is 5.27. The minimum Gasteiger partial charge on any atom is -0.491 e. The van der Waals surface area contributed by atoms with Gasteiger partial charge in [0.25, 0.3) is 0 Å². The molecule has 1 unspecified atom stereocenters. The maximum absolute atomic E-state index is 5.61. The van der Waals surface area contributed by atoms with Crippen LogP contribution in [0.1, 0.15) is 25.3 Å². The normalized spacial score (nSPS) is 16.8. The molecule has 1 aliphatic carbocycles. The molecular weight excluding hydrogens is 214 g/mol. The second-order valence-corrected chi connectivity index (χ2v) is 4.66. The van der Waals surface area contributed by atoms with Crippen molar-refractivity contribution in [3.63, 3.8) is 0 Å². The van der Waals surface area contributed by atoms with Crippen molar-refractivity contribution < 1.29 is 9.47 Å². The number of hydrogen-bond donors (Lipinski definition) is 1. The van der Waals surface area contributed by atoms with E-state index in [1.54, 1.807) is 7.11 Å². The molecule has 0 spiro atoms. The molecule has 0 heterocycles. The van der Waals surface area contributed by atoms with E-state index in [4.69, 9.17) is 9.47 Å². The Bertz CT molecular complexity index is 333. The zero-order chi connectivity index (χ0) is 12.1. The van der Waals surface area contributed by atoms with Gasteiger partial charge in [-0.2, -0.15) is 0 Å². The van der Waals surface area contributed by atoms with Crippen LogP contribution in [0.15, 0.2) is 24.3 Å². The fourth-order valence-corrected chi connectivity index (χ4v) is 1.53. The second kappa shape index (κ2) is 6.03. The average Bonchev–Trinajstić information content (AvgIpc) is 3.18. The van der Waals surface area contributed by atoms with E-state index in [1.165, 1.54) is 18.4 Å². The fourth-order valence-electron chi connectivity index (χ4n) is 1.53. The largest absolute Gasteiger partial charge is 0.491 e. The number of methoxy groups -OCH3 is 1. The van der Waals surface area contributed by atoms with Gasteiger partial charge >= 0.3 is 0 Å². The van der Waals surface area contributed by atoms with E-state index in [0.717, 1.165) is 18.3 Å². The highest BCUT2D eigenvalue weighted by Crippen LogP contribution is 2.20. The summed E-state index contributed by atoms with van der Waals surface area (Å²) in [5, 5.41) is 3.49. The first-order valence-corrected chi connectivity index (χ1v) is 6.26. The summed E-state index contributed by atoms with van der Waals surface area (Å²) < 4.78 is 10.7. The van der Waals surface area contributed by atoms with Crippen molar-refractivity contribution in [2.75, 3.05) is 13.7 Å². The molecule has 1 aliphatic rings. The third-order valence-corrected chi connectivity index (χ3v) is 2.98. The molecule has 0 aromatic heterocycles. The van der Waals surface area contributed by atoms with Gasteiger partial charge in [-0.25, -0.2) is 0 Å². The van der Waals surface area contributed by atoms with Gasteiger partial charge < -0.3 is 14.8 Å². The average molecular weight is 235 g/mol. The van der Waals surface area contributed by atoms with Crippen LogP contribution in [0.4, 0.5) is 0 Å². The van der Waals surface area contributed by atoms with Crippen LogP contribution in [-0.4, -0.2) is 25.9 Å². The highest BCUT2D eigenvalue weighted by atomic mass is 16.5. The topological polar surface area (TPSA) is 30.5 Å². The van der Waals surface area contributed by atoms with Crippen LogP contribution < -0.4 is 10.1 Å². The van der Waals surface area contributed by atoms with Crippen LogP contribution >= 0.6 is 0 Å². The Hall–Kier alpha value is -1.06. The summed E-state index contributed by atoms with van der Waals surface area (Å²) in [7, 11) is 1.70. The van der Waals surface area contributed by atoms with E-state index < -0.39 is 0 Å². The lowest BCUT2D eigenvalue weighted by molar-refractivity contribution is 0.0716. The molecule has 3 nitrogen and oxygen atoms in total. The Morgan fingerprint density at radius 2 is 2.00 bits per heavy atom. The van der Waals surface area contributed by atoms with Gasteiger partial charge in [-0.1, -0.05) is 12.1 Å². The van der Waals surface area contributed by atoms with Crippen LogP contribution in [-0.2, 0) is 11.3 Å². The molecule has 1 aromatic carbocycles. The van der Waals surface area contributed by atoms with E-state index in [2.05, 4.69) is 17.4 Å². The van der Waals surface area contributed by atoms with E-state index in [-0.39, 0.29) is 6.10 Å². The Balaban J connectivity index is 1.75. The van der Waals surface area contributed by atoms with Gasteiger partial charge in [-0.05, 0) is 37.5 Å². The predicted molar refractivity (Wildman–Crippen MR) is 68.3 cm³/mol. The van der Waals surface area contributed by atoms with Gasteiger partial charge in [0.15, 0.2) is 0 Å². The van der Waals surface area contributed by atoms with Crippen molar-refractivity contribution in [1.29, 1.82) is 0 Å². The molecule has 94 valence electrons. The van der Waals surface area contributed by atoms with Crippen molar-refractivity contribution in [1.82, 2.24) is 5.32 Å². The zero-order valence-electron chi connectivity index (χ0n) is 10.6. The zero-order valence-corrected chi connectivity index (χ0v) is 10.6. The van der Waals surface area contributed by atoms with Crippen molar-refractivity contribution in [3.05, 3.63) is 29.8 Å². The van der Waals surface area contributed by atoms with E-state index >= 15 is 0 Å². The van der Waals surface area contributed by atoms with Crippen molar-refractivity contribution in [2.24, 2.45) is 0 Å². The molecule has 0 radical (unpaired) electrons. The van der Waals surface area contributed by atoms with Gasteiger partial charge in [0.2, 0.25) is 0 Å². The van der Waals surface area contributed by atoms with E-state index in [0.29, 0.717) is 6.61 Å². The summed E-state index contributed by atoms with van der Waals surface area (Å²) in [6, 6.07) is 9.02. The fraction of sp³-hybridized carbons (Fsp3) is 0.571. The van der Waals surface area contributed by atoms with Crippen molar-refractivity contribution in [2.45, 2.75) is 38.5 Å². The Labute approximate surface area is 103 Å². The first kappa shape index (κ1) is 12.4. The molecule has 0 bridgehead atoms. The monoisotopic (exact) mass is 235 g/mol. The lowest BCUT2D eigenvalue weighted by Gasteiger charge is -2.11. The summed E-state index contributed by atoms with van der Waals surface area (Å²) in [5.74, 6) is 0.907. The Morgan fingerprint density at radius 1 is 1.29 bits per heavy atom. The number of ether oxygens (including phenoxy) is 2. The van der Waals surface area contributed by atoms with E-state index in [9.17, 15) is 0 Å². The summed E-state index contributed by atoms with van der Waals surface area (Å²) in [6.45, 7) is 3.55. The Kier molecular flexibility index (Phi) is 4.40. The summed E-state index contributed by atoms with van der Waals surface area (Å²) in [4.78, 5) is 0. The molecule has 0 saturated heterocycles. The van der Waals surface area contributed by atoms with Gasteiger partial charge in [0.05, 0.1) is 6.10 Å². The molecule has 2 rings (SSSR count). The molecule has 1 N–H and O–H groups in total. The molecule has 1 aromatic rings. The van der Waals surface area contributed by atoms with Crippen molar-refractivity contribution in [3.8, 4) is 5.75 Å². The molecule has 17 heavy (non-hydrogen) atoms. The number of hydrogen-bond acceptors (Lipinski definition) is 3. The van der Waals surface area contributed by atoms with Gasteiger partial charge in [-0.15, -0.1) is 0 Å². The highest BCUT2D eigenvalue weighted by Gasteiger charge is 2.19. The maximum atomic E-state index is 5.61. The van der Waals surface area contributed by atoms with Gasteiger partial charge in [0, 0.05) is 19.7 Å². The van der Waals surface area contributed by atoms with E-state index in [1.807, 2.05) is 19.1 Å². The number of rotatable bonds is 7. The summed E-state index contributed by atoms with van der Waals surface area (Å²) in [6.07, 6.45) is 2.79. The maximum Gasteiger partial charge on any atom is 0.119 e. The standard InChI is InChI=1S/C14H21NO2/c1-11(16-2)10-17-14-7-3-12(4-8-14)9-15-13-5-6-13/h3-4,7-8,11,13,15H,5-6,9-10H2,1-2H3.